The van der Waals surface area contributed by atoms with Crippen LogP contribution in [0, 0.1) is 5.92 Å². The van der Waals surface area contributed by atoms with Crippen molar-refractivity contribution in [3.8, 4) is 0 Å². The molecule has 1 unspecified atom stereocenters. The second-order valence-electron chi connectivity index (χ2n) is 5.19. The minimum Gasteiger partial charge on any atom is -0.388 e. The molecule has 0 radical (unpaired) electrons. The van der Waals surface area contributed by atoms with Gasteiger partial charge in [-0.3, -0.25) is 9.59 Å². The summed E-state index contributed by atoms with van der Waals surface area (Å²) in [5.41, 5.74) is -0.923. The minimum atomic E-state index is -0.923. The lowest BCUT2D eigenvalue weighted by molar-refractivity contribution is -0.122. The van der Waals surface area contributed by atoms with Crippen LogP contribution in [0.4, 0.5) is 0 Å². The maximum absolute atomic E-state index is 11.7. The molecule has 0 fully saturated rings. The third kappa shape index (κ3) is 5.12. The molecule has 1 atom stereocenters. The van der Waals surface area contributed by atoms with Gasteiger partial charge in [-0.1, -0.05) is 19.9 Å². The summed E-state index contributed by atoms with van der Waals surface area (Å²) in [5.74, 6) is -0.160. The number of hydrogen-bond donors (Lipinski definition) is 2. The normalized spacial score (nSPS) is 14.2. The summed E-state index contributed by atoms with van der Waals surface area (Å²) in [4.78, 5) is 24.0. The Morgan fingerprint density at radius 2 is 2.11 bits per heavy atom. The van der Waals surface area contributed by atoms with E-state index in [0.717, 1.165) is 0 Å². The van der Waals surface area contributed by atoms with Crippen LogP contribution in [0.1, 0.15) is 43.3 Å². The first-order valence-electron chi connectivity index (χ1n) is 6.38. The maximum atomic E-state index is 11.7. The van der Waals surface area contributed by atoms with Crippen molar-refractivity contribution in [1.82, 2.24) is 5.32 Å². The molecule has 1 aromatic heterocycles. The van der Waals surface area contributed by atoms with Gasteiger partial charge < -0.3 is 10.4 Å². The lowest BCUT2D eigenvalue weighted by atomic mass is 9.92. The Morgan fingerprint density at radius 1 is 1.42 bits per heavy atom. The molecule has 0 aliphatic carbocycles. The summed E-state index contributed by atoms with van der Waals surface area (Å²) in [6, 6.07) is 3.58. The Balaban J connectivity index is 2.31. The highest BCUT2D eigenvalue weighted by Gasteiger charge is 2.25. The predicted octanol–water partition coefficient (Wildman–Crippen LogP) is 2.23. The molecular weight excluding hydrogens is 262 g/mol. The second kappa shape index (κ2) is 6.82. The van der Waals surface area contributed by atoms with Gasteiger partial charge in [-0.05, 0) is 24.3 Å². The SMILES string of the molecule is CC(C)C(C)(O)CNC(=O)CCC(=O)c1cccs1. The van der Waals surface area contributed by atoms with Crippen molar-refractivity contribution >= 4 is 23.0 Å². The Hall–Kier alpha value is -1.20. The molecule has 0 aliphatic rings. The van der Waals surface area contributed by atoms with Crippen molar-refractivity contribution < 1.29 is 14.7 Å². The number of amides is 1. The van der Waals surface area contributed by atoms with Gasteiger partial charge in [-0.25, -0.2) is 0 Å². The van der Waals surface area contributed by atoms with Gasteiger partial charge in [0.1, 0.15) is 0 Å². The van der Waals surface area contributed by atoms with E-state index < -0.39 is 5.60 Å². The third-order valence-electron chi connectivity index (χ3n) is 3.26. The van der Waals surface area contributed by atoms with E-state index in [2.05, 4.69) is 5.32 Å². The smallest absolute Gasteiger partial charge is 0.220 e. The highest BCUT2D eigenvalue weighted by Crippen LogP contribution is 2.15. The fraction of sp³-hybridized carbons (Fsp3) is 0.571. The minimum absolute atomic E-state index is 0.0132. The number of carbonyl (C=O) groups excluding carboxylic acids is 2. The number of rotatable bonds is 7. The lowest BCUT2D eigenvalue weighted by Gasteiger charge is -2.27. The molecule has 19 heavy (non-hydrogen) atoms. The zero-order chi connectivity index (χ0) is 14.5. The molecule has 1 heterocycles. The average molecular weight is 283 g/mol. The van der Waals surface area contributed by atoms with Crippen molar-refractivity contribution in [3.05, 3.63) is 22.4 Å². The molecule has 0 bridgehead atoms. The van der Waals surface area contributed by atoms with Crippen molar-refractivity contribution in [1.29, 1.82) is 0 Å². The first-order chi connectivity index (χ1) is 8.83. The van der Waals surface area contributed by atoms with Gasteiger partial charge in [-0.15, -0.1) is 11.3 Å². The highest BCUT2D eigenvalue weighted by atomic mass is 32.1. The molecule has 0 saturated carbocycles. The van der Waals surface area contributed by atoms with Crippen LogP contribution < -0.4 is 5.32 Å². The number of carbonyl (C=O) groups is 2. The Bertz CT molecular complexity index is 424. The van der Waals surface area contributed by atoms with Crippen molar-refractivity contribution in [2.45, 2.75) is 39.2 Å². The first kappa shape index (κ1) is 15.9. The predicted molar refractivity (Wildman–Crippen MR) is 76.4 cm³/mol. The summed E-state index contributed by atoms with van der Waals surface area (Å²) in [6.45, 7) is 5.68. The Labute approximate surface area is 117 Å². The van der Waals surface area contributed by atoms with Gasteiger partial charge >= 0.3 is 0 Å². The van der Waals surface area contributed by atoms with E-state index in [1.807, 2.05) is 25.3 Å². The van der Waals surface area contributed by atoms with E-state index in [1.165, 1.54) is 11.3 Å². The average Bonchev–Trinajstić information content (AvgIpc) is 2.87. The molecule has 0 aliphatic heterocycles. The zero-order valence-electron chi connectivity index (χ0n) is 11.6. The third-order valence-corrected chi connectivity index (χ3v) is 4.17. The fourth-order valence-electron chi connectivity index (χ4n) is 1.36. The molecule has 2 N–H and O–H groups in total. The van der Waals surface area contributed by atoms with E-state index >= 15 is 0 Å². The number of hydrogen-bond acceptors (Lipinski definition) is 4. The summed E-state index contributed by atoms with van der Waals surface area (Å²) < 4.78 is 0. The van der Waals surface area contributed by atoms with E-state index in [4.69, 9.17) is 0 Å². The Morgan fingerprint density at radius 3 is 2.63 bits per heavy atom. The van der Waals surface area contributed by atoms with Crippen LogP contribution in [0.2, 0.25) is 0 Å². The van der Waals surface area contributed by atoms with Gasteiger partial charge in [0.15, 0.2) is 5.78 Å². The van der Waals surface area contributed by atoms with Crippen molar-refractivity contribution in [3.63, 3.8) is 0 Å². The molecule has 1 rings (SSSR count). The maximum Gasteiger partial charge on any atom is 0.220 e. The molecule has 0 aromatic carbocycles. The monoisotopic (exact) mass is 283 g/mol. The standard InChI is InChI=1S/C14H21NO3S/c1-10(2)14(3,18)9-15-13(17)7-6-11(16)12-5-4-8-19-12/h4-5,8,10,18H,6-7,9H2,1-3H3,(H,15,17). The summed E-state index contributed by atoms with van der Waals surface area (Å²) in [7, 11) is 0. The van der Waals surface area contributed by atoms with Gasteiger partial charge in [-0.2, -0.15) is 0 Å². The number of thiophene rings is 1. The van der Waals surface area contributed by atoms with Crippen LogP contribution in [-0.2, 0) is 4.79 Å². The summed E-state index contributed by atoms with van der Waals surface area (Å²) in [5, 5.41) is 14.5. The largest absolute Gasteiger partial charge is 0.388 e. The van der Waals surface area contributed by atoms with E-state index in [1.54, 1.807) is 13.0 Å². The molecule has 106 valence electrons. The van der Waals surface area contributed by atoms with Crippen LogP contribution in [0.25, 0.3) is 0 Å². The molecule has 0 saturated heterocycles. The van der Waals surface area contributed by atoms with E-state index in [-0.39, 0.29) is 37.0 Å². The van der Waals surface area contributed by atoms with Crippen LogP contribution >= 0.6 is 11.3 Å². The van der Waals surface area contributed by atoms with Gasteiger partial charge in [0.25, 0.3) is 0 Å². The number of Topliss-reactive ketones (excluding diaryl/α,β-unsaturated/α-hetero) is 1. The number of ketones is 1. The van der Waals surface area contributed by atoms with Crippen molar-refractivity contribution in [2.75, 3.05) is 6.54 Å². The van der Waals surface area contributed by atoms with Gasteiger partial charge in [0.2, 0.25) is 5.91 Å². The van der Waals surface area contributed by atoms with Crippen LogP contribution in [0.5, 0.6) is 0 Å². The summed E-state index contributed by atoms with van der Waals surface area (Å²) >= 11 is 1.38. The molecule has 1 aromatic rings. The van der Waals surface area contributed by atoms with Crippen molar-refractivity contribution in [2.24, 2.45) is 5.92 Å². The molecule has 0 spiro atoms. The van der Waals surface area contributed by atoms with E-state index in [0.29, 0.717) is 4.88 Å². The van der Waals surface area contributed by atoms with Crippen LogP contribution in [0.15, 0.2) is 17.5 Å². The van der Waals surface area contributed by atoms with Crippen LogP contribution in [-0.4, -0.2) is 28.9 Å². The quantitative estimate of drug-likeness (QED) is 0.754. The van der Waals surface area contributed by atoms with Crippen LogP contribution in [0.3, 0.4) is 0 Å². The zero-order valence-corrected chi connectivity index (χ0v) is 12.4. The highest BCUT2D eigenvalue weighted by molar-refractivity contribution is 7.12. The topological polar surface area (TPSA) is 66.4 Å². The lowest BCUT2D eigenvalue weighted by Crippen LogP contribution is -2.44. The summed E-state index contributed by atoms with van der Waals surface area (Å²) in [6.07, 6.45) is 0.362. The number of aliphatic hydroxyl groups is 1. The van der Waals surface area contributed by atoms with E-state index in [9.17, 15) is 14.7 Å². The van der Waals surface area contributed by atoms with Gasteiger partial charge in [0, 0.05) is 19.4 Å². The Kier molecular flexibility index (Phi) is 5.69. The molecular formula is C14H21NO3S. The molecule has 1 amide bonds. The van der Waals surface area contributed by atoms with Gasteiger partial charge in [0.05, 0.1) is 10.5 Å². The fourth-order valence-corrected chi connectivity index (χ4v) is 2.05. The molecule has 4 nitrogen and oxygen atoms in total. The first-order valence-corrected chi connectivity index (χ1v) is 7.26. The number of nitrogens with one attached hydrogen (secondary N) is 1. The molecule has 5 heteroatoms. The second-order valence-corrected chi connectivity index (χ2v) is 6.14.